The molecule has 0 aliphatic rings. The van der Waals surface area contributed by atoms with Gasteiger partial charge in [0.1, 0.15) is 11.5 Å². The van der Waals surface area contributed by atoms with Gasteiger partial charge in [-0.3, -0.25) is 4.79 Å². The fourth-order valence-corrected chi connectivity index (χ4v) is 2.01. The molecule has 0 aliphatic carbocycles. The van der Waals surface area contributed by atoms with Gasteiger partial charge in [-0.1, -0.05) is 6.07 Å². The molecule has 4 heteroatoms. The lowest BCUT2D eigenvalue weighted by atomic mass is 10.1. The molecule has 0 fully saturated rings. The maximum atomic E-state index is 11.9. The topological polar surface area (TPSA) is 45.5 Å². The highest BCUT2D eigenvalue weighted by atomic mass is 16.3. The van der Waals surface area contributed by atoms with Crippen LogP contribution in [0.5, 0.6) is 0 Å². The van der Waals surface area contributed by atoms with Crippen molar-refractivity contribution in [2.45, 2.75) is 19.9 Å². The third-order valence-electron chi connectivity index (χ3n) is 3.09. The van der Waals surface area contributed by atoms with E-state index in [-0.39, 0.29) is 11.9 Å². The second kappa shape index (κ2) is 5.82. The van der Waals surface area contributed by atoms with Crippen molar-refractivity contribution in [3.63, 3.8) is 0 Å². The molecule has 0 saturated heterocycles. The van der Waals surface area contributed by atoms with Gasteiger partial charge in [0, 0.05) is 25.3 Å². The van der Waals surface area contributed by atoms with Crippen LogP contribution < -0.4 is 5.32 Å². The van der Waals surface area contributed by atoms with Gasteiger partial charge < -0.3 is 14.6 Å². The van der Waals surface area contributed by atoms with E-state index in [0.29, 0.717) is 5.56 Å². The number of furan rings is 1. The molecule has 1 unspecified atom stereocenters. The Balaban J connectivity index is 2.14. The molecule has 1 amide bonds. The summed E-state index contributed by atoms with van der Waals surface area (Å²) in [4.78, 5) is 13.5. The number of carbonyl (C=O) groups is 1. The highest BCUT2D eigenvalue weighted by Gasteiger charge is 2.11. The molecule has 0 aliphatic heterocycles. The number of carbonyl (C=O) groups excluding carboxylic acids is 1. The Hall–Kier alpha value is -2.23. The first-order chi connectivity index (χ1) is 9.47. The van der Waals surface area contributed by atoms with Crippen molar-refractivity contribution in [3.05, 3.63) is 53.5 Å². The summed E-state index contributed by atoms with van der Waals surface area (Å²) < 4.78 is 5.60. The molecule has 2 aromatic rings. The Labute approximate surface area is 119 Å². The minimum atomic E-state index is -0.00449. The van der Waals surface area contributed by atoms with E-state index < -0.39 is 0 Å². The highest BCUT2D eigenvalue weighted by molar-refractivity contribution is 5.94. The number of hydrogen-bond donors (Lipinski definition) is 1. The number of rotatable bonds is 4. The summed E-state index contributed by atoms with van der Waals surface area (Å²) in [5.41, 5.74) is 1.57. The van der Waals surface area contributed by atoms with Crippen molar-refractivity contribution in [1.82, 2.24) is 4.90 Å². The molecule has 1 heterocycles. The average molecular weight is 272 g/mol. The summed E-state index contributed by atoms with van der Waals surface area (Å²) in [5, 5.41) is 3.34. The molecule has 0 saturated carbocycles. The van der Waals surface area contributed by atoms with Crippen LogP contribution in [0.1, 0.15) is 34.8 Å². The summed E-state index contributed by atoms with van der Waals surface area (Å²) in [5.74, 6) is 1.77. The van der Waals surface area contributed by atoms with Crippen LogP contribution in [-0.4, -0.2) is 24.9 Å². The lowest BCUT2D eigenvalue weighted by Gasteiger charge is -2.15. The molecule has 0 radical (unpaired) electrons. The molecule has 1 N–H and O–H groups in total. The maximum Gasteiger partial charge on any atom is 0.253 e. The second-order valence-corrected chi connectivity index (χ2v) is 5.09. The van der Waals surface area contributed by atoms with Gasteiger partial charge >= 0.3 is 0 Å². The molecule has 1 aromatic heterocycles. The lowest BCUT2D eigenvalue weighted by molar-refractivity contribution is 0.0827. The number of hydrogen-bond acceptors (Lipinski definition) is 3. The predicted octanol–water partition coefficient (Wildman–Crippen LogP) is 3.46. The van der Waals surface area contributed by atoms with Gasteiger partial charge in [-0.2, -0.15) is 0 Å². The maximum absolute atomic E-state index is 11.9. The number of anilines is 1. The quantitative estimate of drug-likeness (QED) is 0.927. The third-order valence-corrected chi connectivity index (χ3v) is 3.09. The van der Waals surface area contributed by atoms with E-state index in [1.807, 2.05) is 50.2 Å². The van der Waals surface area contributed by atoms with E-state index in [4.69, 9.17) is 4.42 Å². The van der Waals surface area contributed by atoms with Crippen LogP contribution in [0, 0.1) is 6.92 Å². The van der Waals surface area contributed by atoms with Gasteiger partial charge in [-0.05, 0) is 44.2 Å². The van der Waals surface area contributed by atoms with Crippen molar-refractivity contribution in [1.29, 1.82) is 0 Å². The third kappa shape index (κ3) is 3.20. The van der Waals surface area contributed by atoms with Gasteiger partial charge in [0.2, 0.25) is 0 Å². The standard InChI is InChI=1S/C16H20N2O2/c1-11-8-9-15(20-11)12(2)17-14-7-5-6-13(10-14)16(19)18(3)4/h5-10,12,17H,1-4H3. The van der Waals surface area contributed by atoms with Crippen LogP contribution in [0.15, 0.2) is 40.8 Å². The molecular weight excluding hydrogens is 252 g/mol. The summed E-state index contributed by atoms with van der Waals surface area (Å²) in [6.07, 6.45) is 0. The van der Waals surface area contributed by atoms with E-state index in [9.17, 15) is 4.79 Å². The molecule has 0 spiro atoms. The molecule has 0 bridgehead atoms. The van der Waals surface area contributed by atoms with Gasteiger partial charge in [-0.25, -0.2) is 0 Å². The molecule has 2 rings (SSSR count). The van der Waals surface area contributed by atoms with Crippen LogP contribution in [0.25, 0.3) is 0 Å². The monoisotopic (exact) mass is 272 g/mol. The number of amides is 1. The van der Waals surface area contributed by atoms with Gasteiger partial charge in [0.05, 0.1) is 6.04 Å². The normalized spacial score (nSPS) is 12.0. The zero-order chi connectivity index (χ0) is 14.7. The SMILES string of the molecule is Cc1ccc(C(C)Nc2cccc(C(=O)N(C)C)c2)o1. The van der Waals surface area contributed by atoms with E-state index in [1.165, 1.54) is 0 Å². The van der Waals surface area contributed by atoms with E-state index in [1.54, 1.807) is 19.0 Å². The molecule has 4 nitrogen and oxygen atoms in total. The number of aryl methyl sites for hydroxylation is 1. The van der Waals surface area contributed by atoms with Crippen molar-refractivity contribution >= 4 is 11.6 Å². The average Bonchev–Trinajstić information content (AvgIpc) is 2.85. The minimum Gasteiger partial charge on any atom is -0.464 e. The van der Waals surface area contributed by atoms with Crippen molar-refractivity contribution in [3.8, 4) is 0 Å². The molecule has 1 aromatic carbocycles. The zero-order valence-electron chi connectivity index (χ0n) is 12.3. The van der Waals surface area contributed by atoms with E-state index in [2.05, 4.69) is 5.32 Å². The summed E-state index contributed by atoms with van der Waals surface area (Å²) in [7, 11) is 3.49. The number of nitrogens with zero attached hydrogens (tertiary/aromatic N) is 1. The largest absolute Gasteiger partial charge is 0.464 e. The number of benzene rings is 1. The van der Waals surface area contributed by atoms with Gasteiger partial charge in [0.25, 0.3) is 5.91 Å². The Morgan fingerprint density at radius 3 is 2.60 bits per heavy atom. The van der Waals surface area contributed by atoms with Crippen molar-refractivity contribution < 1.29 is 9.21 Å². The first kappa shape index (κ1) is 14.2. The number of nitrogens with one attached hydrogen (secondary N) is 1. The summed E-state index contributed by atoms with van der Waals surface area (Å²) >= 11 is 0. The molecule has 106 valence electrons. The Morgan fingerprint density at radius 2 is 2.00 bits per heavy atom. The zero-order valence-corrected chi connectivity index (χ0v) is 12.3. The molecule has 1 atom stereocenters. The van der Waals surface area contributed by atoms with E-state index in [0.717, 1.165) is 17.2 Å². The smallest absolute Gasteiger partial charge is 0.253 e. The highest BCUT2D eigenvalue weighted by Crippen LogP contribution is 2.22. The van der Waals surface area contributed by atoms with Gasteiger partial charge in [0.15, 0.2) is 0 Å². The Kier molecular flexibility index (Phi) is 4.13. The Bertz CT molecular complexity index is 602. The first-order valence-corrected chi connectivity index (χ1v) is 6.62. The summed E-state index contributed by atoms with van der Waals surface area (Å²) in [6, 6.07) is 11.4. The van der Waals surface area contributed by atoms with Crippen LogP contribution in [0.2, 0.25) is 0 Å². The van der Waals surface area contributed by atoms with Crippen LogP contribution in [0.4, 0.5) is 5.69 Å². The predicted molar refractivity (Wildman–Crippen MR) is 79.9 cm³/mol. The molecular formula is C16H20N2O2. The fraction of sp³-hybridized carbons (Fsp3) is 0.312. The summed E-state index contributed by atoms with van der Waals surface area (Å²) in [6.45, 7) is 3.95. The van der Waals surface area contributed by atoms with Crippen LogP contribution in [0.3, 0.4) is 0 Å². The van der Waals surface area contributed by atoms with Crippen LogP contribution >= 0.6 is 0 Å². The first-order valence-electron chi connectivity index (χ1n) is 6.62. The van der Waals surface area contributed by atoms with Crippen LogP contribution in [-0.2, 0) is 0 Å². The second-order valence-electron chi connectivity index (χ2n) is 5.09. The fourth-order valence-electron chi connectivity index (χ4n) is 2.01. The Morgan fingerprint density at radius 1 is 1.25 bits per heavy atom. The van der Waals surface area contributed by atoms with Crippen molar-refractivity contribution in [2.24, 2.45) is 0 Å². The van der Waals surface area contributed by atoms with Crippen molar-refractivity contribution in [2.75, 3.05) is 19.4 Å². The lowest BCUT2D eigenvalue weighted by Crippen LogP contribution is -2.21. The molecule has 20 heavy (non-hydrogen) atoms. The van der Waals surface area contributed by atoms with E-state index >= 15 is 0 Å². The van der Waals surface area contributed by atoms with Gasteiger partial charge in [-0.15, -0.1) is 0 Å². The minimum absolute atomic E-state index is 0.00449.